The molecule has 0 unspecified atom stereocenters. The lowest BCUT2D eigenvalue weighted by Gasteiger charge is -2.38. The number of amides is 3. The number of carboxylic acids is 2. The lowest BCUT2D eigenvalue weighted by atomic mass is 9.88. The zero-order chi connectivity index (χ0) is 42.6. The first-order chi connectivity index (χ1) is 26.8. The number of alkyl halides is 3. The standard InChI is InChI=1S/C38H59N7O5.C2HF3O2/c1-27(2)22-32(35(47)42-31(16-10-11-19-39)26-45-20-17-38(40,18-21-45)37(49)50)44-36(48)33(23-29-12-6-4-7-13-29)43-34(46)25-41-24-28(3)30-14-8-5-9-15-30;3-2(4,5)1(6)7/h4-9,12-15,27-28,31-33,41H,10-11,16-26,39-40H2,1-3H3,(H,42,47)(H,43,46)(H,44,48)(H,49,50);(H,6,7)/t28-,31-,32-,33-;/m1./s1. The molecule has 0 bridgehead atoms. The normalized spacial score (nSPS) is 16.2. The summed E-state index contributed by atoms with van der Waals surface area (Å²) in [5.74, 6) is -4.46. The predicted molar refractivity (Wildman–Crippen MR) is 210 cm³/mol. The van der Waals surface area contributed by atoms with Crippen LogP contribution in [0.1, 0.15) is 76.3 Å². The molecule has 57 heavy (non-hydrogen) atoms. The van der Waals surface area contributed by atoms with Gasteiger partial charge in [0.05, 0.1) is 6.54 Å². The largest absolute Gasteiger partial charge is 0.490 e. The third-order valence-corrected chi connectivity index (χ3v) is 9.63. The lowest BCUT2D eigenvalue weighted by molar-refractivity contribution is -0.192. The van der Waals surface area contributed by atoms with Gasteiger partial charge < -0.3 is 47.8 Å². The third kappa shape index (κ3) is 18.5. The number of likely N-dealkylation sites (tertiary alicyclic amines) is 1. The van der Waals surface area contributed by atoms with Gasteiger partial charge in [-0.15, -0.1) is 0 Å². The number of nitrogens with one attached hydrogen (secondary N) is 4. The second-order valence-corrected chi connectivity index (χ2v) is 15.0. The number of nitrogens with zero attached hydrogens (tertiary/aromatic N) is 1. The van der Waals surface area contributed by atoms with Crippen molar-refractivity contribution in [1.82, 2.24) is 26.2 Å². The molecule has 1 fully saturated rings. The molecular formula is C40H60F3N7O7. The molecule has 4 atom stereocenters. The fourth-order valence-electron chi connectivity index (χ4n) is 6.29. The molecule has 1 aliphatic rings. The van der Waals surface area contributed by atoms with Crippen LogP contribution < -0.4 is 32.7 Å². The Bertz CT molecular complexity index is 1540. The summed E-state index contributed by atoms with van der Waals surface area (Å²) in [6.45, 7) is 8.82. The summed E-state index contributed by atoms with van der Waals surface area (Å²) in [5.41, 5.74) is 12.7. The molecule has 0 aromatic heterocycles. The monoisotopic (exact) mass is 807 g/mol. The first-order valence-electron chi connectivity index (χ1n) is 19.3. The van der Waals surface area contributed by atoms with E-state index in [1.807, 2.05) is 62.4 Å². The Morgan fingerprint density at radius 1 is 0.842 bits per heavy atom. The number of unbranched alkanes of at least 4 members (excludes halogenated alkanes) is 1. The number of piperidine rings is 1. The lowest BCUT2D eigenvalue weighted by Crippen LogP contribution is -2.59. The van der Waals surface area contributed by atoms with Crippen molar-refractivity contribution in [2.45, 2.75) is 101 Å². The predicted octanol–water partition coefficient (Wildman–Crippen LogP) is 2.76. The molecule has 10 N–H and O–H groups in total. The van der Waals surface area contributed by atoms with Crippen LogP contribution in [0.2, 0.25) is 0 Å². The van der Waals surface area contributed by atoms with Crippen molar-refractivity contribution < 1.29 is 47.4 Å². The second-order valence-electron chi connectivity index (χ2n) is 15.0. The summed E-state index contributed by atoms with van der Waals surface area (Å²) in [6.07, 6.45) is -1.43. The van der Waals surface area contributed by atoms with Gasteiger partial charge in [-0.05, 0) is 61.6 Å². The highest BCUT2D eigenvalue weighted by atomic mass is 19.4. The molecule has 0 radical (unpaired) electrons. The number of halogens is 3. The van der Waals surface area contributed by atoms with Crippen molar-refractivity contribution in [1.29, 1.82) is 0 Å². The van der Waals surface area contributed by atoms with E-state index >= 15 is 0 Å². The highest BCUT2D eigenvalue weighted by Crippen LogP contribution is 2.21. The minimum absolute atomic E-state index is 0.0460. The highest BCUT2D eigenvalue weighted by molar-refractivity contribution is 5.92. The molecule has 1 saturated heterocycles. The van der Waals surface area contributed by atoms with Gasteiger partial charge in [0.15, 0.2) is 0 Å². The van der Waals surface area contributed by atoms with Crippen LogP contribution in [0.4, 0.5) is 13.2 Å². The van der Waals surface area contributed by atoms with E-state index in [1.54, 1.807) is 0 Å². The van der Waals surface area contributed by atoms with Crippen LogP contribution in [0.15, 0.2) is 60.7 Å². The maximum absolute atomic E-state index is 13.9. The van der Waals surface area contributed by atoms with Crippen LogP contribution in [0, 0.1) is 5.92 Å². The van der Waals surface area contributed by atoms with E-state index < -0.39 is 41.6 Å². The fourth-order valence-corrected chi connectivity index (χ4v) is 6.29. The molecule has 1 aliphatic heterocycles. The average Bonchev–Trinajstić information content (AvgIpc) is 3.15. The van der Waals surface area contributed by atoms with E-state index in [4.69, 9.17) is 21.4 Å². The molecular weight excluding hydrogens is 747 g/mol. The molecule has 1 heterocycles. The summed E-state index contributed by atoms with van der Waals surface area (Å²) in [7, 11) is 0. The van der Waals surface area contributed by atoms with Crippen LogP contribution in [-0.2, 0) is 30.4 Å². The van der Waals surface area contributed by atoms with Crippen LogP contribution in [0.5, 0.6) is 0 Å². The quantitative estimate of drug-likeness (QED) is 0.0856. The highest BCUT2D eigenvalue weighted by Gasteiger charge is 2.39. The molecule has 0 spiro atoms. The maximum atomic E-state index is 13.9. The van der Waals surface area contributed by atoms with Crippen molar-refractivity contribution in [3.05, 3.63) is 71.8 Å². The zero-order valence-electron chi connectivity index (χ0n) is 33.0. The number of nitrogens with two attached hydrogens (primary N) is 2. The number of carbonyl (C=O) groups is 5. The van der Waals surface area contributed by atoms with Crippen LogP contribution in [0.25, 0.3) is 0 Å². The van der Waals surface area contributed by atoms with Gasteiger partial charge in [-0.1, -0.05) is 87.9 Å². The number of hydrogen-bond acceptors (Lipinski definition) is 9. The third-order valence-electron chi connectivity index (χ3n) is 9.63. The second kappa shape index (κ2) is 24.2. The van der Waals surface area contributed by atoms with Gasteiger partial charge in [-0.3, -0.25) is 19.2 Å². The molecule has 318 valence electrons. The number of carbonyl (C=O) groups excluding carboxylic acids is 3. The van der Waals surface area contributed by atoms with E-state index in [9.17, 15) is 37.5 Å². The van der Waals surface area contributed by atoms with Gasteiger partial charge in [0.25, 0.3) is 0 Å². The smallest absolute Gasteiger partial charge is 0.480 e. The summed E-state index contributed by atoms with van der Waals surface area (Å²) in [4.78, 5) is 63.5. The molecule has 2 aromatic carbocycles. The van der Waals surface area contributed by atoms with E-state index in [1.165, 1.54) is 5.56 Å². The summed E-state index contributed by atoms with van der Waals surface area (Å²) >= 11 is 0. The van der Waals surface area contributed by atoms with Crippen molar-refractivity contribution >= 4 is 29.7 Å². The molecule has 3 amide bonds. The number of carboxylic acid groups (broad SMARTS) is 2. The number of aliphatic carboxylic acids is 2. The summed E-state index contributed by atoms with van der Waals surface area (Å²) in [5, 5.41) is 28.9. The van der Waals surface area contributed by atoms with Gasteiger partial charge in [-0.25, -0.2) is 4.79 Å². The van der Waals surface area contributed by atoms with E-state index in [2.05, 4.69) is 45.2 Å². The minimum Gasteiger partial charge on any atom is -0.480 e. The van der Waals surface area contributed by atoms with Crippen molar-refractivity contribution in [3.8, 4) is 0 Å². The molecule has 0 aliphatic carbocycles. The number of rotatable bonds is 21. The topological polar surface area (TPSA) is 229 Å². The van der Waals surface area contributed by atoms with E-state index in [0.717, 1.165) is 18.4 Å². The van der Waals surface area contributed by atoms with Gasteiger partial charge in [0, 0.05) is 38.6 Å². The first kappa shape index (κ1) is 48.6. The van der Waals surface area contributed by atoms with Gasteiger partial charge in [0.1, 0.15) is 17.6 Å². The number of benzene rings is 2. The van der Waals surface area contributed by atoms with Crippen molar-refractivity contribution in [2.24, 2.45) is 17.4 Å². The molecule has 14 nitrogen and oxygen atoms in total. The van der Waals surface area contributed by atoms with Gasteiger partial charge >= 0.3 is 18.1 Å². The first-order valence-corrected chi connectivity index (χ1v) is 19.3. The number of hydrogen-bond donors (Lipinski definition) is 8. The van der Waals surface area contributed by atoms with Gasteiger partial charge in [0.2, 0.25) is 17.7 Å². The summed E-state index contributed by atoms with van der Waals surface area (Å²) < 4.78 is 31.7. The van der Waals surface area contributed by atoms with Crippen LogP contribution >= 0.6 is 0 Å². The Balaban J connectivity index is 0.00000146. The SMILES string of the molecule is CC(C)C[C@@H](NC(=O)[C@@H](Cc1ccccc1)NC(=O)CNC[C@@H](C)c1ccccc1)C(=O)N[C@H](CCCCN)CN1CCC(N)(C(=O)O)CC1.O=C(O)C(F)(F)F. The van der Waals surface area contributed by atoms with Crippen molar-refractivity contribution in [3.63, 3.8) is 0 Å². The molecule has 17 heteroatoms. The van der Waals surface area contributed by atoms with E-state index in [-0.39, 0.29) is 42.7 Å². The molecule has 2 aromatic rings. The Hall–Kier alpha value is -4.58. The Morgan fingerprint density at radius 3 is 1.93 bits per heavy atom. The Kier molecular flexibility index (Phi) is 20.7. The average molecular weight is 808 g/mol. The Labute approximate surface area is 332 Å². The Morgan fingerprint density at radius 2 is 1.40 bits per heavy atom. The van der Waals surface area contributed by atoms with Crippen molar-refractivity contribution in [2.75, 3.05) is 39.3 Å². The van der Waals surface area contributed by atoms with Crippen LogP contribution in [-0.4, -0.2) is 114 Å². The zero-order valence-corrected chi connectivity index (χ0v) is 33.0. The maximum Gasteiger partial charge on any atom is 0.490 e. The fraction of sp³-hybridized carbons (Fsp3) is 0.575. The summed E-state index contributed by atoms with van der Waals surface area (Å²) in [6, 6.07) is 17.6. The molecule has 0 saturated carbocycles. The minimum atomic E-state index is -5.08. The van der Waals surface area contributed by atoms with E-state index in [0.29, 0.717) is 58.4 Å². The van der Waals surface area contributed by atoms with Crippen LogP contribution in [0.3, 0.4) is 0 Å². The van der Waals surface area contributed by atoms with Gasteiger partial charge in [-0.2, -0.15) is 13.2 Å². The molecule has 3 rings (SSSR count).